The summed E-state index contributed by atoms with van der Waals surface area (Å²) in [6, 6.07) is 0. The minimum atomic E-state index is -0.759. The second kappa shape index (κ2) is 24.9. The van der Waals surface area contributed by atoms with Crippen LogP contribution in [0.15, 0.2) is 0 Å². The summed E-state index contributed by atoms with van der Waals surface area (Å²) >= 11 is 0. The summed E-state index contributed by atoms with van der Waals surface area (Å²) in [5.41, 5.74) is 0. The van der Waals surface area contributed by atoms with Crippen LogP contribution in [0.3, 0.4) is 0 Å². The Balaban J connectivity index is 0. The number of aliphatic hydroxyl groups is 1. The Morgan fingerprint density at radius 3 is 1.11 bits per heavy atom. The van der Waals surface area contributed by atoms with Gasteiger partial charge in [-0.25, -0.2) is 0 Å². The lowest BCUT2D eigenvalue weighted by Gasteiger charge is -2.01. The van der Waals surface area contributed by atoms with Gasteiger partial charge in [-0.2, -0.15) is 0 Å². The van der Waals surface area contributed by atoms with Crippen molar-refractivity contribution in [3.63, 3.8) is 0 Å². The molecule has 5 nitrogen and oxygen atoms in total. The fourth-order valence-corrected chi connectivity index (χ4v) is 2.86. The number of unbranched alkanes of at least 4 members (excludes halogenated alkanes) is 14. The lowest BCUT2D eigenvalue weighted by Crippen LogP contribution is -1.95. The van der Waals surface area contributed by atoms with Crippen LogP contribution in [-0.2, 0) is 9.59 Å². The second-order valence-electron chi connectivity index (χ2n) is 7.31. The van der Waals surface area contributed by atoms with Crippen LogP contribution in [0.2, 0.25) is 0 Å². The molecule has 0 spiro atoms. The molecule has 0 fully saturated rings. The maximum Gasteiger partial charge on any atom is 0.303 e. The molecule has 0 atom stereocenters. The van der Waals surface area contributed by atoms with E-state index in [4.69, 9.17) is 15.3 Å². The number of carboxylic acids is 2. The molecule has 0 saturated carbocycles. The minimum Gasteiger partial charge on any atom is -0.481 e. The molecule has 0 aromatic carbocycles. The van der Waals surface area contributed by atoms with E-state index in [0.717, 1.165) is 25.7 Å². The highest BCUT2D eigenvalue weighted by molar-refractivity contribution is 5.66. The number of aliphatic carboxylic acids is 2. The first-order chi connectivity index (χ1) is 13.0. The third kappa shape index (κ3) is 33.0. The summed E-state index contributed by atoms with van der Waals surface area (Å²) in [6.45, 7) is 2.64. The molecule has 0 aliphatic heterocycles. The number of aliphatic hydroxyl groups excluding tert-OH is 1. The van der Waals surface area contributed by atoms with Crippen LogP contribution < -0.4 is 0 Å². The molecule has 0 aliphatic carbocycles. The second-order valence-corrected chi connectivity index (χ2v) is 7.31. The standard InChI is InChI=1S/C13H28O.C9H16O4/c1-2-3-4-5-6-7-8-9-10-11-12-13-14;10-8(11)6-4-2-1-3-5-7-9(12)13/h14H,2-13H2,1H3;1-7H2,(H,10,11)(H,12,13). The third-order valence-corrected chi connectivity index (χ3v) is 4.54. The van der Waals surface area contributed by atoms with Crippen LogP contribution in [0.5, 0.6) is 0 Å². The van der Waals surface area contributed by atoms with Crippen molar-refractivity contribution >= 4 is 11.9 Å². The first-order valence-electron chi connectivity index (χ1n) is 11.1. The normalized spacial score (nSPS) is 10.3. The van der Waals surface area contributed by atoms with Crippen LogP contribution in [0, 0.1) is 0 Å². The summed E-state index contributed by atoms with van der Waals surface area (Å²) < 4.78 is 0. The Morgan fingerprint density at radius 2 is 0.815 bits per heavy atom. The highest BCUT2D eigenvalue weighted by Gasteiger charge is 1.98. The molecule has 0 amide bonds. The molecule has 0 radical (unpaired) electrons. The summed E-state index contributed by atoms with van der Waals surface area (Å²) in [5, 5.41) is 25.2. The van der Waals surface area contributed by atoms with E-state index in [9.17, 15) is 9.59 Å². The average molecular weight is 389 g/mol. The molecule has 0 saturated heterocycles. The van der Waals surface area contributed by atoms with Gasteiger partial charge < -0.3 is 15.3 Å². The van der Waals surface area contributed by atoms with E-state index in [0.29, 0.717) is 19.4 Å². The lowest BCUT2D eigenvalue weighted by atomic mass is 10.1. The fourth-order valence-electron chi connectivity index (χ4n) is 2.86. The predicted molar refractivity (Wildman–Crippen MR) is 111 cm³/mol. The van der Waals surface area contributed by atoms with E-state index in [2.05, 4.69) is 6.92 Å². The number of hydrogen-bond donors (Lipinski definition) is 3. The van der Waals surface area contributed by atoms with Gasteiger partial charge in [0.1, 0.15) is 0 Å². The average Bonchev–Trinajstić information content (AvgIpc) is 2.62. The third-order valence-electron chi connectivity index (χ3n) is 4.54. The van der Waals surface area contributed by atoms with E-state index in [1.54, 1.807) is 0 Å². The van der Waals surface area contributed by atoms with Gasteiger partial charge in [-0.1, -0.05) is 90.4 Å². The summed E-state index contributed by atoms with van der Waals surface area (Å²) in [7, 11) is 0. The highest BCUT2D eigenvalue weighted by Crippen LogP contribution is 2.11. The van der Waals surface area contributed by atoms with Gasteiger partial charge in [-0.05, 0) is 19.3 Å². The molecule has 0 aliphatic rings. The zero-order chi connectivity index (χ0) is 20.6. The number of carbonyl (C=O) groups is 2. The predicted octanol–water partition coefficient (Wildman–Crippen LogP) is 6.18. The van der Waals surface area contributed by atoms with Gasteiger partial charge in [-0.3, -0.25) is 9.59 Å². The van der Waals surface area contributed by atoms with Crippen molar-refractivity contribution in [1.29, 1.82) is 0 Å². The van der Waals surface area contributed by atoms with Gasteiger partial charge in [0.2, 0.25) is 0 Å². The molecule has 0 rings (SSSR count). The lowest BCUT2D eigenvalue weighted by molar-refractivity contribution is -0.138. The number of hydrogen-bond acceptors (Lipinski definition) is 3. The Labute approximate surface area is 166 Å². The molecule has 0 unspecified atom stereocenters. The molecular weight excluding hydrogens is 344 g/mol. The topological polar surface area (TPSA) is 94.8 Å². The molecule has 3 N–H and O–H groups in total. The van der Waals surface area contributed by atoms with Gasteiger partial charge in [0, 0.05) is 19.4 Å². The van der Waals surface area contributed by atoms with Gasteiger partial charge in [0.15, 0.2) is 0 Å². The summed E-state index contributed by atoms with van der Waals surface area (Å²) in [4.78, 5) is 20.2. The molecule has 162 valence electrons. The highest BCUT2D eigenvalue weighted by atomic mass is 16.4. The maximum atomic E-state index is 10.1. The fraction of sp³-hybridized carbons (Fsp3) is 0.909. The molecule has 27 heavy (non-hydrogen) atoms. The van der Waals surface area contributed by atoms with Crippen LogP contribution in [0.25, 0.3) is 0 Å². The monoisotopic (exact) mass is 388 g/mol. The smallest absolute Gasteiger partial charge is 0.303 e. The van der Waals surface area contributed by atoms with Gasteiger partial charge >= 0.3 is 11.9 Å². The van der Waals surface area contributed by atoms with E-state index < -0.39 is 11.9 Å². The van der Waals surface area contributed by atoms with Gasteiger partial charge in [-0.15, -0.1) is 0 Å². The van der Waals surface area contributed by atoms with Gasteiger partial charge in [0.25, 0.3) is 0 Å². The van der Waals surface area contributed by atoms with Crippen molar-refractivity contribution in [3.05, 3.63) is 0 Å². The van der Waals surface area contributed by atoms with E-state index in [1.807, 2.05) is 0 Å². The van der Waals surface area contributed by atoms with Crippen LogP contribution in [0.4, 0.5) is 0 Å². The van der Waals surface area contributed by atoms with Crippen LogP contribution >= 0.6 is 0 Å². The molecule has 0 bridgehead atoms. The van der Waals surface area contributed by atoms with Gasteiger partial charge in [0.05, 0.1) is 0 Å². The van der Waals surface area contributed by atoms with Crippen molar-refractivity contribution in [2.45, 2.75) is 122 Å². The Morgan fingerprint density at radius 1 is 0.519 bits per heavy atom. The molecule has 0 aromatic rings. The Kier molecular flexibility index (Phi) is 25.9. The van der Waals surface area contributed by atoms with Crippen LogP contribution in [-0.4, -0.2) is 33.9 Å². The van der Waals surface area contributed by atoms with E-state index in [-0.39, 0.29) is 12.8 Å². The number of rotatable bonds is 19. The first kappa shape index (κ1) is 28.1. The zero-order valence-electron chi connectivity index (χ0n) is 17.6. The van der Waals surface area contributed by atoms with E-state index in [1.165, 1.54) is 64.2 Å². The quantitative estimate of drug-likeness (QED) is 0.230. The Bertz CT molecular complexity index is 288. The summed E-state index contributed by atoms with van der Waals surface area (Å²) in [6.07, 6.45) is 19.3. The van der Waals surface area contributed by atoms with Crippen LogP contribution in [0.1, 0.15) is 122 Å². The van der Waals surface area contributed by atoms with Crippen molar-refractivity contribution in [3.8, 4) is 0 Å². The first-order valence-corrected chi connectivity index (χ1v) is 11.1. The Hall–Kier alpha value is -1.10. The molecule has 5 heteroatoms. The maximum absolute atomic E-state index is 10.1. The van der Waals surface area contributed by atoms with E-state index >= 15 is 0 Å². The number of carboxylic acid groups (broad SMARTS) is 2. The summed E-state index contributed by atoms with van der Waals surface area (Å²) in [5.74, 6) is -1.52. The SMILES string of the molecule is CCCCCCCCCCCCCO.O=C(O)CCCCCCCC(=O)O. The minimum absolute atomic E-state index is 0.221. The van der Waals surface area contributed by atoms with Crippen molar-refractivity contribution < 1.29 is 24.9 Å². The van der Waals surface area contributed by atoms with Crippen molar-refractivity contribution in [1.82, 2.24) is 0 Å². The largest absolute Gasteiger partial charge is 0.481 e. The molecule has 0 aromatic heterocycles. The van der Waals surface area contributed by atoms with Crippen molar-refractivity contribution in [2.75, 3.05) is 6.61 Å². The van der Waals surface area contributed by atoms with Crippen molar-refractivity contribution in [2.24, 2.45) is 0 Å². The zero-order valence-corrected chi connectivity index (χ0v) is 17.6. The molecular formula is C22H44O5. The molecule has 0 heterocycles.